The van der Waals surface area contributed by atoms with Gasteiger partial charge in [0.05, 0.1) is 18.7 Å². The van der Waals surface area contributed by atoms with Gasteiger partial charge in [-0.2, -0.15) is 5.26 Å². The van der Waals surface area contributed by atoms with Crippen molar-refractivity contribution in [2.75, 3.05) is 11.4 Å². The van der Waals surface area contributed by atoms with Gasteiger partial charge in [0.1, 0.15) is 5.75 Å². The maximum Gasteiger partial charge on any atom is 0.573 e. The first-order valence-electron chi connectivity index (χ1n) is 13.9. The number of carboxylic acids is 1. The molecule has 0 aliphatic heterocycles. The van der Waals surface area contributed by atoms with E-state index in [0.717, 1.165) is 42.5 Å². The number of carbonyl (C=O) groups excluding carboxylic acids is 1. The molecule has 0 bridgehead atoms. The number of allylic oxidation sites excluding steroid dienone is 2. The number of guanidine groups is 1. The van der Waals surface area contributed by atoms with Crippen molar-refractivity contribution >= 4 is 34.8 Å². The third-order valence-electron chi connectivity index (χ3n) is 6.75. The lowest BCUT2D eigenvalue weighted by molar-refractivity contribution is -0.274. The summed E-state index contributed by atoms with van der Waals surface area (Å²) in [5.74, 6) is -1.70. The third kappa shape index (κ3) is 9.35. The van der Waals surface area contributed by atoms with E-state index >= 15 is 0 Å². The number of benzene rings is 3. The summed E-state index contributed by atoms with van der Waals surface area (Å²) in [5, 5.41) is 23.5. The monoisotopic (exact) mass is 605 g/mol. The second-order valence-electron chi connectivity index (χ2n) is 9.92. The highest BCUT2D eigenvalue weighted by atomic mass is 19.4. The number of nitrogens with one attached hydrogen (secondary N) is 2. The lowest BCUT2D eigenvalue weighted by atomic mass is 9.93. The van der Waals surface area contributed by atoms with Gasteiger partial charge in [0.15, 0.2) is 6.19 Å². The molecule has 1 aliphatic rings. The molecule has 0 radical (unpaired) electrons. The molecule has 228 valence electrons. The summed E-state index contributed by atoms with van der Waals surface area (Å²) in [6, 6.07) is 19.4. The molecule has 3 aromatic carbocycles. The Kier molecular flexibility index (Phi) is 10.6. The zero-order valence-corrected chi connectivity index (χ0v) is 23.6. The number of carbonyl (C=O) groups is 2. The van der Waals surface area contributed by atoms with Gasteiger partial charge >= 0.3 is 12.3 Å². The van der Waals surface area contributed by atoms with Crippen molar-refractivity contribution in [3.05, 3.63) is 95.6 Å². The van der Waals surface area contributed by atoms with Crippen LogP contribution in [0.25, 0.3) is 5.57 Å². The summed E-state index contributed by atoms with van der Waals surface area (Å²) in [6.07, 6.45) is 3.43. The number of anilines is 1. The van der Waals surface area contributed by atoms with Crippen LogP contribution in [0.2, 0.25) is 0 Å². The van der Waals surface area contributed by atoms with Gasteiger partial charge in [0, 0.05) is 17.8 Å². The largest absolute Gasteiger partial charge is 0.573 e. The Bertz CT molecular complexity index is 1550. The molecule has 9 nitrogen and oxygen atoms in total. The Balaban J connectivity index is 1.63. The third-order valence-corrected chi connectivity index (χ3v) is 6.75. The number of aliphatic carboxylic acids is 1. The lowest BCUT2D eigenvalue weighted by Gasteiger charge is -2.26. The molecule has 44 heavy (non-hydrogen) atoms. The number of halogens is 3. The van der Waals surface area contributed by atoms with Crippen LogP contribution in [0.5, 0.6) is 5.75 Å². The van der Waals surface area contributed by atoms with E-state index in [-0.39, 0.29) is 31.2 Å². The summed E-state index contributed by atoms with van der Waals surface area (Å²) >= 11 is 0. The SMILES string of the molecule is N#CNC(=Nc1ccc(OC(F)(F)F)cc1)N(Cc1ccc(C(=O)NCCC(=O)O)cc1)c1ccc(C2=CCCCC2)cc1. The smallest absolute Gasteiger partial charge is 0.481 e. The summed E-state index contributed by atoms with van der Waals surface area (Å²) in [5.41, 5.74) is 4.45. The van der Waals surface area contributed by atoms with Crippen molar-refractivity contribution < 1.29 is 32.6 Å². The van der Waals surface area contributed by atoms with E-state index in [1.54, 1.807) is 29.2 Å². The minimum absolute atomic E-state index is 0.000439. The number of ether oxygens (including phenoxy) is 1. The van der Waals surface area contributed by atoms with Crippen LogP contribution >= 0.6 is 0 Å². The molecular weight excluding hydrogens is 575 g/mol. The molecule has 0 aromatic heterocycles. The molecule has 0 saturated carbocycles. The molecule has 12 heteroatoms. The van der Waals surface area contributed by atoms with E-state index < -0.39 is 24.0 Å². The van der Waals surface area contributed by atoms with E-state index in [9.17, 15) is 28.0 Å². The van der Waals surface area contributed by atoms with Crippen molar-refractivity contribution in [3.8, 4) is 11.9 Å². The van der Waals surface area contributed by atoms with Crippen LogP contribution in [0.4, 0.5) is 24.5 Å². The fourth-order valence-electron chi connectivity index (χ4n) is 4.62. The minimum atomic E-state index is -4.83. The number of nitriles is 1. The average Bonchev–Trinajstić information content (AvgIpc) is 3.00. The topological polar surface area (TPSA) is 127 Å². The molecule has 1 amide bonds. The Morgan fingerprint density at radius 1 is 1.00 bits per heavy atom. The van der Waals surface area contributed by atoms with E-state index in [0.29, 0.717) is 11.3 Å². The molecule has 0 unspecified atom stereocenters. The fraction of sp³-hybridized carbons (Fsp3) is 0.250. The number of rotatable bonds is 10. The number of amides is 1. The highest BCUT2D eigenvalue weighted by molar-refractivity contribution is 5.98. The lowest BCUT2D eigenvalue weighted by Crippen LogP contribution is -2.39. The van der Waals surface area contributed by atoms with Gasteiger partial charge in [-0.05, 0) is 90.9 Å². The number of hydrogen-bond acceptors (Lipinski definition) is 5. The Labute approximate surface area is 252 Å². The van der Waals surface area contributed by atoms with Crippen LogP contribution in [-0.2, 0) is 11.3 Å². The van der Waals surface area contributed by atoms with Gasteiger partial charge in [-0.3, -0.25) is 14.9 Å². The summed E-state index contributed by atoms with van der Waals surface area (Å²) < 4.78 is 41.7. The molecule has 0 spiro atoms. The zero-order chi connectivity index (χ0) is 31.5. The molecule has 0 heterocycles. The highest BCUT2D eigenvalue weighted by Gasteiger charge is 2.31. The molecule has 0 atom stereocenters. The maximum absolute atomic E-state index is 12.6. The van der Waals surface area contributed by atoms with Gasteiger partial charge in [0.25, 0.3) is 5.91 Å². The average molecular weight is 606 g/mol. The predicted molar refractivity (Wildman–Crippen MR) is 159 cm³/mol. The van der Waals surface area contributed by atoms with Crippen molar-refractivity contribution in [3.63, 3.8) is 0 Å². The highest BCUT2D eigenvalue weighted by Crippen LogP contribution is 2.30. The van der Waals surface area contributed by atoms with Crippen molar-refractivity contribution in [2.45, 2.75) is 45.0 Å². The number of carboxylic acid groups (broad SMARTS) is 1. The van der Waals surface area contributed by atoms with Crippen molar-refractivity contribution in [2.24, 2.45) is 4.99 Å². The first kappa shape index (κ1) is 31.6. The summed E-state index contributed by atoms with van der Waals surface area (Å²) in [7, 11) is 0. The van der Waals surface area contributed by atoms with Crippen LogP contribution < -0.4 is 20.3 Å². The second-order valence-corrected chi connectivity index (χ2v) is 9.92. The van der Waals surface area contributed by atoms with Gasteiger partial charge in [-0.1, -0.05) is 30.3 Å². The van der Waals surface area contributed by atoms with Gasteiger partial charge in [-0.25, -0.2) is 4.99 Å². The second kappa shape index (κ2) is 14.7. The number of nitrogens with zero attached hydrogens (tertiary/aromatic N) is 3. The first-order chi connectivity index (χ1) is 21.1. The van der Waals surface area contributed by atoms with Gasteiger partial charge in [0.2, 0.25) is 5.96 Å². The van der Waals surface area contributed by atoms with Crippen LogP contribution in [0.15, 0.2) is 83.9 Å². The molecule has 3 N–H and O–H groups in total. The van der Waals surface area contributed by atoms with Gasteiger partial charge < -0.3 is 20.1 Å². The molecule has 3 aromatic rings. The van der Waals surface area contributed by atoms with E-state index in [1.807, 2.05) is 30.5 Å². The quantitative estimate of drug-likeness (QED) is 0.104. The van der Waals surface area contributed by atoms with Crippen LogP contribution in [0.3, 0.4) is 0 Å². The Hall–Kier alpha value is -5.31. The first-order valence-corrected chi connectivity index (χ1v) is 13.9. The van der Waals surface area contributed by atoms with E-state index in [4.69, 9.17) is 5.11 Å². The Morgan fingerprint density at radius 3 is 2.30 bits per heavy atom. The fourth-order valence-corrected chi connectivity index (χ4v) is 4.62. The minimum Gasteiger partial charge on any atom is -0.481 e. The predicted octanol–water partition coefficient (Wildman–Crippen LogP) is 6.51. The van der Waals surface area contributed by atoms with E-state index in [1.165, 1.54) is 24.1 Å². The number of aliphatic imine (C=N–C) groups is 1. The molecular formula is C32H30F3N5O4. The molecule has 0 fully saturated rings. The number of hydrogen-bond donors (Lipinski definition) is 3. The van der Waals surface area contributed by atoms with Crippen molar-refractivity contribution in [1.29, 1.82) is 5.26 Å². The molecule has 1 aliphatic carbocycles. The van der Waals surface area contributed by atoms with Crippen molar-refractivity contribution in [1.82, 2.24) is 10.6 Å². The standard InChI is InChI=1S/C32H30F3N5O4/c33-32(34,35)44-28-16-12-26(13-17-28)39-31(38-21-36)40(27-14-10-24(11-15-27)23-4-2-1-3-5-23)20-22-6-8-25(9-7-22)30(43)37-19-18-29(41)42/h4,6-17H,1-3,5,18-20H2,(H,37,43)(H,38,39)(H,41,42). The van der Waals surface area contributed by atoms with Crippen LogP contribution in [0, 0.1) is 11.5 Å². The summed E-state index contributed by atoms with van der Waals surface area (Å²) in [4.78, 5) is 29.4. The normalized spacial score (nSPS) is 13.3. The van der Waals surface area contributed by atoms with Crippen LogP contribution in [-0.4, -0.2) is 35.8 Å². The maximum atomic E-state index is 12.6. The number of alkyl halides is 3. The van der Waals surface area contributed by atoms with E-state index in [2.05, 4.69) is 26.4 Å². The van der Waals surface area contributed by atoms with Crippen LogP contribution in [0.1, 0.15) is 53.6 Å². The van der Waals surface area contributed by atoms with Gasteiger partial charge in [-0.15, -0.1) is 13.2 Å². The Morgan fingerprint density at radius 2 is 1.70 bits per heavy atom. The summed E-state index contributed by atoms with van der Waals surface area (Å²) in [6.45, 7) is 0.214. The molecule has 4 rings (SSSR count). The molecule has 0 saturated heterocycles. The zero-order valence-electron chi connectivity index (χ0n) is 23.6.